The molecule has 0 aliphatic heterocycles. The monoisotopic (exact) mass is 365 g/mol. The van der Waals surface area contributed by atoms with Crippen molar-refractivity contribution in [2.75, 3.05) is 7.11 Å². The molecule has 1 heterocycles. The number of ketones is 1. The zero-order chi connectivity index (χ0) is 16.4. The van der Waals surface area contributed by atoms with Crippen LogP contribution in [0.3, 0.4) is 0 Å². The standard InChI is InChI=1S/C11H9Cl3F3NO3/c1-21-9(20)7-4-6(8(19)11(12,13)14)5-18(7)3-2-10(15,16)17/h4-5H,2-3H2,1H3. The minimum absolute atomic E-state index is 0.197. The van der Waals surface area contributed by atoms with Crippen LogP contribution in [0.5, 0.6) is 0 Å². The van der Waals surface area contributed by atoms with E-state index >= 15 is 0 Å². The maximum atomic E-state index is 12.3. The number of nitrogens with zero attached hydrogens (tertiary/aromatic N) is 1. The minimum atomic E-state index is -4.42. The van der Waals surface area contributed by atoms with Gasteiger partial charge in [0.25, 0.3) is 3.79 Å². The van der Waals surface area contributed by atoms with Gasteiger partial charge < -0.3 is 9.30 Å². The topological polar surface area (TPSA) is 48.3 Å². The lowest BCUT2D eigenvalue weighted by molar-refractivity contribution is -0.136. The molecule has 0 bridgehead atoms. The van der Waals surface area contributed by atoms with Crippen LogP contribution in [-0.4, -0.2) is 33.4 Å². The number of aryl methyl sites for hydroxylation is 1. The number of hydrogen-bond donors (Lipinski definition) is 0. The summed E-state index contributed by atoms with van der Waals surface area (Å²) in [6.45, 7) is -0.568. The van der Waals surface area contributed by atoms with Gasteiger partial charge in [-0.2, -0.15) is 13.2 Å². The van der Waals surface area contributed by atoms with Gasteiger partial charge in [-0.15, -0.1) is 0 Å². The van der Waals surface area contributed by atoms with Crippen molar-refractivity contribution in [1.82, 2.24) is 4.57 Å². The Morgan fingerprint density at radius 1 is 1.29 bits per heavy atom. The molecular weight excluding hydrogens is 357 g/mol. The number of ether oxygens (including phenoxy) is 1. The molecule has 0 spiro atoms. The molecule has 1 aromatic rings. The molecule has 0 unspecified atom stereocenters. The normalized spacial score (nSPS) is 12.3. The van der Waals surface area contributed by atoms with Crippen molar-refractivity contribution in [1.29, 1.82) is 0 Å². The minimum Gasteiger partial charge on any atom is -0.464 e. The van der Waals surface area contributed by atoms with E-state index < -0.39 is 34.7 Å². The molecule has 1 aromatic heterocycles. The average Bonchev–Trinajstić information content (AvgIpc) is 2.76. The fourth-order valence-corrected chi connectivity index (χ4v) is 1.83. The van der Waals surface area contributed by atoms with E-state index in [2.05, 4.69) is 4.74 Å². The van der Waals surface area contributed by atoms with Gasteiger partial charge in [-0.1, -0.05) is 34.8 Å². The van der Waals surface area contributed by atoms with Gasteiger partial charge in [0.05, 0.1) is 13.5 Å². The molecule has 0 fully saturated rings. The molecule has 0 amide bonds. The lowest BCUT2D eigenvalue weighted by atomic mass is 10.2. The molecule has 21 heavy (non-hydrogen) atoms. The van der Waals surface area contributed by atoms with E-state index in [4.69, 9.17) is 34.8 Å². The van der Waals surface area contributed by atoms with Crippen LogP contribution in [0.2, 0.25) is 0 Å². The van der Waals surface area contributed by atoms with Crippen molar-refractivity contribution in [3.8, 4) is 0 Å². The summed E-state index contributed by atoms with van der Waals surface area (Å²) >= 11 is 16.3. The van der Waals surface area contributed by atoms with E-state index in [1.165, 1.54) is 0 Å². The van der Waals surface area contributed by atoms with Gasteiger partial charge in [-0.05, 0) is 6.07 Å². The van der Waals surface area contributed by atoms with Crippen LogP contribution >= 0.6 is 34.8 Å². The number of methoxy groups -OCH3 is 1. The second-order valence-corrected chi connectivity index (χ2v) is 6.27. The van der Waals surface area contributed by atoms with Crippen LogP contribution in [0.15, 0.2) is 12.3 Å². The van der Waals surface area contributed by atoms with Crippen LogP contribution in [-0.2, 0) is 11.3 Å². The van der Waals surface area contributed by atoms with Crippen molar-refractivity contribution in [2.24, 2.45) is 0 Å². The van der Waals surface area contributed by atoms with E-state index in [9.17, 15) is 22.8 Å². The Labute approximate surface area is 132 Å². The molecular formula is C11H9Cl3F3NO3. The predicted octanol–water partition coefficient (Wildman–Crippen LogP) is 3.78. The van der Waals surface area contributed by atoms with E-state index in [0.29, 0.717) is 0 Å². The van der Waals surface area contributed by atoms with Gasteiger partial charge in [0.1, 0.15) is 5.69 Å². The molecule has 0 aromatic carbocycles. The van der Waals surface area contributed by atoms with Gasteiger partial charge in [0.2, 0.25) is 5.78 Å². The Bertz CT molecular complexity index is 549. The van der Waals surface area contributed by atoms with E-state index in [1.807, 2.05) is 0 Å². The lowest BCUT2D eigenvalue weighted by Crippen LogP contribution is -2.18. The Balaban J connectivity index is 3.13. The number of alkyl halides is 6. The van der Waals surface area contributed by atoms with Crippen molar-refractivity contribution >= 4 is 46.6 Å². The molecule has 0 atom stereocenters. The van der Waals surface area contributed by atoms with E-state index in [0.717, 1.165) is 23.9 Å². The fraction of sp³-hybridized carbons (Fsp3) is 0.455. The molecule has 0 radical (unpaired) electrons. The van der Waals surface area contributed by atoms with E-state index in [-0.39, 0.29) is 11.3 Å². The number of carbonyl (C=O) groups is 2. The van der Waals surface area contributed by atoms with Crippen molar-refractivity contribution < 1.29 is 27.5 Å². The second kappa shape index (κ2) is 6.46. The van der Waals surface area contributed by atoms with Gasteiger partial charge in [0.15, 0.2) is 0 Å². The highest BCUT2D eigenvalue weighted by atomic mass is 35.6. The number of rotatable bonds is 4. The third-order valence-electron chi connectivity index (χ3n) is 2.45. The molecule has 0 aliphatic carbocycles. The quantitative estimate of drug-likeness (QED) is 0.463. The molecule has 118 valence electrons. The summed E-state index contributed by atoms with van der Waals surface area (Å²) in [5.41, 5.74) is -0.433. The van der Waals surface area contributed by atoms with Crippen LogP contribution in [0.25, 0.3) is 0 Å². The zero-order valence-corrected chi connectivity index (χ0v) is 12.8. The molecule has 0 aliphatic rings. The maximum absolute atomic E-state index is 12.3. The van der Waals surface area contributed by atoms with Gasteiger partial charge in [0, 0.05) is 18.3 Å². The summed E-state index contributed by atoms with van der Waals surface area (Å²) in [5, 5.41) is 0. The largest absolute Gasteiger partial charge is 0.464 e. The second-order valence-electron chi connectivity index (χ2n) is 3.99. The molecule has 0 N–H and O–H groups in total. The lowest BCUT2D eigenvalue weighted by Gasteiger charge is -2.10. The average molecular weight is 367 g/mol. The first-order valence-corrected chi connectivity index (χ1v) is 6.56. The summed E-state index contributed by atoms with van der Waals surface area (Å²) < 4.78 is 39.8. The van der Waals surface area contributed by atoms with Crippen LogP contribution < -0.4 is 0 Å². The maximum Gasteiger partial charge on any atom is 0.390 e. The third-order valence-corrected chi connectivity index (χ3v) is 2.96. The first-order valence-electron chi connectivity index (χ1n) is 5.42. The Kier molecular flexibility index (Phi) is 5.57. The summed E-state index contributed by atoms with van der Waals surface area (Å²) in [7, 11) is 1.06. The third kappa shape index (κ3) is 5.09. The number of halogens is 6. The van der Waals surface area contributed by atoms with Crippen molar-refractivity contribution in [2.45, 2.75) is 22.9 Å². The number of Topliss-reactive ketones (excluding diaryl/α,β-unsaturated/α-hetero) is 1. The Hall–Kier alpha value is -0.920. The summed E-state index contributed by atoms with van der Waals surface area (Å²) in [5.74, 6) is -1.86. The summed E-state index contributed by atoms with van der Waals surface area (Å²) in [6.07, 6.45) is -4.59. The smallest absolute Gasteiger partial charge is 0.390 e. The predicted molar refractivity (Wildman–Crippen MR) is 71.1 cm³/mol. The van der Waals surface area contributed by atoms with E-state index in [1.54, 1.807) is 0 Å². The highest BCUT2D eigenvalue weighted by Gasteiger charge is 2.34. The molecule has 0 saturated heterocycles. The molecule has 10 heteroatoms. The molecule has 0 saturated carbocycles. The molecule has 4 nitrogen and oxygen atoms in total. The number of carbonyl (C=O) groups excluding carboxylic acids is 2. The number of hydrogen-bond acceptors (Lipinski definition) is 3. The van der Waals surface area contributed by atoms with Crippen LogP contribution in [0.4, 0.5) is 13.2 Å². The highest BCUT2D eigenvalue weighted by molar-refractivity contribution is 6.77. The summed E-state index contributed by atoms with van der Waals surface area (Å²) in [4.78, 5) is 23.3. The first-order chi connectivity index (χ1) is 9.45. The Morgan fingerprint density at radius 3 is 2.29 bits per heavy atom. The summed E-state index contributed by atoms with van der Waals surface area (Å²) in [6, 6.07) is 1.02. The number of esters is 1. The Morgan fingerprint density at radius 2 is 1.86 bits per heavy atom. The number of aromatic nitrogens is 1. The van der Waals surface area contributed by atoms with Gasteiger partial charge >= 0.3 is 12.1 Å². The van der Waals surface area contributed by atoms with Gasteiger partial charge in [-0.25, -0.2) is 4.79 Å². The fourth-order valence-electron chi connectivity index (χ4n) is 1.51. The SMILES string of the molecule is COC(=O)c1cc(C(=O)C(Cl)(Cl)Cl)cn1CCC(F)(F)F. The van der Waals surface area contributed by atoms with Crippen molar-refractivity contribution in [3.05, 3.63) is 23.5 Å². The zero-order valence-electron chi connectivity index (χ0n) is 10.5. The molecule has 1 rings (SSSR count). The van der Waals surface area contributed by atoms with Crippen LogP contribution in [0.1, 0.15) is 27.3 Å². The first kappa shape index (κ1) is 18.1. The van der Waals surface area contributed by atoms with Crippen LogP contribution in [0, 0.1) is 0 Å². The van der Waals surface area contributed by atoms with Crippen molar-refractivity contribution in [3.63, 3.8) is 0 Å². The highest BCUT2D eigenvalue weighted by Crippen LogP contribution is 2.31. The van der Waals surface area contributed by atoms with Gasteiger partial charge in [-0.3, -0.25) is 4.79 Å².